The Balaban J connectivity index is 2.35. The molecular weight excluding hydrogens is 329 g/mol. The topological polar surface area (TPSA) is 62.4 Å². The van der Waals surface area contributed by atoms with Crippen LogP contribution < -0.4 is 20.9 Å². The molecule has 24 heavy (non-hydrogen) atoms. The summed E-state index contributed by atoms with van der Waals surface area (Å²) in [5, 5.41) is 3.35. The standard InChI is InChI=1S/C17H26FN3O2S/c1-4-5-6-7-12(2)11-19-17(24)21-20-16(22)14-9-8-13(23-3)10-15(14)18/h8-10,12H,4-7,11H2,1-3H3,(H,20,22)(H2,19,21,24)/t12-/m1/s1. The predicted octanol–water partition coefficient (Wildman–Crippen LogP) is 3.16. The highest BCUT2D eigenvalue weighted by molar-refractivity contribution is 7.80. The SMILES string of the molecule is CCCCC[C@@H](C)CNC(=S)NNC(=O)c1ccc(OC)cc1F. The van der Waals surface area contributed by atoms with E-state index in [9.17, 15) is 9.18 Å². The molecule has 0 unspecified atom stereocenters. The van der Waals surface area contributed by atoms with Crippen LogP contribution in [0, 0.1) is 11.7 Å². The van der Waals surface area contributed by atoms with Gasteiger partial charge >= 0.3 is 0 Å². The molecule has 1 aromatic rings. The number of hydrogen-bond donors (Lipinski definition) is 3. The van der Waals surface area contributed by atoms with Crippen LogP contribution in [0.1, 0.15) is 49.9 Å². The van der Waals surface area contributed by atoms with E-state index in [-0.39, 0.29) is 5.56 Å². The number of benzene rings is 1. The van der Waals surface area contributed by atoms with E-state index < -0.39 is 11.7 Å². The van der Waals surface area contributed by atoms with E-state index in [1.54, 1.807) is 0 Å². The van der Waals surface area contributed by atoms with Crippen molar-refractivity contribution in [1.82, 2.24) is 16.2 Å². The highest BCUT2D eigenvalue weighted by Crippen LogP contribution is 2.15. The van der Waals surface area contributed by atoms with E-state index in [0.29, 0.717) is 16.8 Å². The number of nitrogens with one attached hydrogen (secondary N) is 3. The van der Waals surface area contributed by atoms with E-state index in [2.05, 4.69) is 30.0 Å². The van der Waals surface area contributed by atoms with E-state index in [1.165, 1.54) is 38.5 Å². The second-order valence-electron chi connectivity index (χ2n) is 5.74. The zero-order valence-electron chi connectivity index (χ0n) is 14.4. The molecule has 0 aromatic heterocycles. The first-order valence-corrected chi connectivity index (χ1v) is 8.56. The van der Waals surface area contributed by atoms with Gasteiger partial charge in [-0.1, -0.05) is 33.1 Å². The lowest BCUT2D eigenvalue weighted by Crippen LogP contribution is -2.47. The summed E-state index contributed by atoms with van der Waals surface area (Å²) in [6.45, 7) is 5.05. The molecule has 0 saturated heterocycles. The number of carbonyl (C=O) groups excluding carboxylic acids is 1. The quantitative estimate of drug-likeness (QED) is 0.380. The lowest BCUT2D eigenvalue weighted by Gasteiger charge is -2.15. The summed E-state index contributed by atoms with van der Waals surface area (Å²) in [7, 11) is 1.43. The van der Waals surface area contributed by atoms with Crippen molar-refractivity contribution in [2.45, 2.75) is 39.5 Å². The van der Waals surface area contributed by atoms with Gasteiger partial charge in [0.25, 0.3) is 5.91 Å². The van der Waals surface area contributed by atoms with Crippen LogP contribution in [0.3, 0.4) is 0 Å². The van der Waals surface area contributed by atoms with Gasteiger partial charge in [-0.25, -0.2) is 4.39 Å². The molecule has 0 spiro atoms. The molecule has 1 amide bonds. The zero-order chi connectivity index (χ0) is 17.9. The van der Waals surface area contributed by atoms with Gasteiger partial charge in [0, 0.05) is 12.6 Å². The lowest BCUT2D eigenvalue weighted by atomic mass is 10.0. The molecule has 0 fully saturated rings. The van der Waals surface area contributed by atoms with Gasteiger partial charge in [0.2, 0.25) is 0 Å². The molecule has 0 saturated carbocycles. The summed E-state index contributed by atoms with van der Waals surface area (Å²) in [5.74, 6) is -0.412. The lowest BCUT2D eigenvalue weighted by molar-refractivity contribution is 0.0939. The van der Waals surface area contributed by atoms with Gasteiger partial charge in [-0.2, -0.15) is 0 Å². The first-order chi connectivity index (χ1) is 11.5. The fourth-order valence-electron chi connectivity index (χ4n) is 2.14. The average molecular weight is 355 g/mol. The smallest absolute Gasteiger partial charge is 0.272 e. The summed E-state index contributed by atoms with van der Waals surface area (Å²) in [4.78, 5) is 11.9. The number of ether oxygens (including phenoxy) is 1. The van der Waals surface area contributed by atoms with Gasteiger partial charge in [-0.15, -0.1) is 0 Å². The van der Waals surface area contributed by atoms with Gasteiger partial charge < -0.3 is 10.1 Å². The largest absolute Gasteiger partial charge is 0.497 e. The van der Waals surface area contributed by atoms with Crippen molar-refractivity contribution in [3.63, 3.8) is 0 Å². The zero-order valence-corrected chi connectivity index (χ0v) is 15.3. The first kappa shape index (κ1) is 20.2. The van der Waals surface area contributed by atoms with E-state index in [1.807, 2.05) is 0 Å². The van der Waals surface area contributed by atoms with E-state index in [4.69, 9.17) is 17.0 Å². The predicted molar refractivity (Wildman–Crippen MR) is 97.5 cm³/mol. The van der Waals surface area contributed by atoms with Crippen molar-refractivity contribution >= 4 is 23.2 Å². The maximum atomic E-state index is 13.8. The van der Waals surface area contributed by atoms with Crippen LogP contribution in [-0.2, 0) is 0 Å². The molecule has 3 N–H and O–H groups in total. The summed E-state index contributed by atoms with van der Waals surface area (Å²) in [5.41, 5.74) is 4.88. The molecule has 0 heterocycles. The number of thiocarbonyl (C=S) groups is 1. The molecule has 1 aromatic carbocycles. The molecule has 1 rings (SSSR count). The number of hydrogen-bond acceptors (Lipinski definition) is 3. The molecule has 0 aliphatic carbocycles. The van der Waals surface area contributed by atoms with Crippen molar-refractivity contribution in [1.29, 1.82) is 0 Å². The Kier molecular flexibility index (Phi) is 9.07. The highest BCUT2D eigenvalue weighted by atomic mass is 32.1. The Morgan fingerprint density at radius 2 is 2.08 bits per heavy atom. The molecule has 134 valence electrons. The Morgan fingerprint density at radius 1 is 1.33 bits per heavy atom. The van der Waals surface area contributed by atoms with Gasteiger partial charge in [-0.3, -0.25) is 15.6 Å². The average Bonchev–Trinajstić information content (AvgIpc) is 2.57. The minimum Gasteiger partial charge on any atom is -0.497 e. The molecule has 7 heteroatoms. The second-order valence-corrected chi connectivity index (χ2v) is 6.14. The third-order valence-electron chi connectivity index (χ3n) is 3.62. The van der Waals surface area contributed by atoms with E-state index >= 15 is 0 Å². The van der Waals surface area contributed by atoms with Crippen LogP contribution >= 0.6 is 12.2 Å². The third-order valence-corrected chi connectivity index (χ3v) is 3.87. The minimum absolute atomic E-state index is 0.0842. The Labute approximate surface area is 148 Å². The minimum atomic E-state index is -0.655. The summed E-state index contributed by atoms with van der Waals surface area (Å²) in [6.07, 6.45) is 4.77. The third kappa shape index (κ3) is 7.12. The Morgan fingerprint density at radius 3 is 2.71 bits per heavy atom. The second kappa shape index (κ2) is 10.8. The number of amides is 1. The number of unbranched alkanes of at least 4 members (excludes halogenated alkanes) is 2. The summed E-state index contributed by atoms with van der Waals surface area (Å²) >= 11 is 5.10. The van der Waals surface area contributed by atoms with Crippen LogP contribution in [0.4, 0.5) is 4.39 Å². The monoisotopic (exact) mass is 355 g/mol. The summed E-state index contributed by atoms with van der Waals surface area (Å²) in [6, 6.07) is 4.04. The van der Waals surface area contributed by atoms with Crippen molar-refractivity contribution < 1.29 is 13.9 Å². The number of halogens is 1. The fraction of sp³-hybridized carbons (Fsp3) is 0.529. The van der Waals surface area contributed by atoms with Crippen molar-refractivity contribution in [2.24, 2.45) is 5.92 Å². The Hall–Kier alpha value is -1.89. The maximum absolute atomic E-state index is 13.8. The van der Waals surface area contributed by atoms with Gasteiger partial charge in [0.1, 0.15) is 11.6 Å². The van der Waals surface area contributed by atoms with Crippen LogP contribution in [0.15, 0.2) is 18.2 Å². The van der Waals surface area contributed by atoms with Crippen molar-refractivity contribution in [2.75, 3.05) is 13.7 Å². The van der Waals surface area contributed by atoms with Gasteiger partial charge in [-0.05, 0) is 36.7 Å². The van der Waals surface area contributed by atoms with Crippen LogP contribution in [0.5, 0.6) is 5.75 Å². The van der Waals surface area contributed by atoms with Crippen LogP contribution in [-0.4, -0.2) is 24.7 Å². The molecule has 0 bridgehead atoms. The maximum Gasteiger partial charge on any atom is 0.272 e. The molecule has 0 aliphatic rings. The molecular formula is C17H26FN3O2S. The first-order valence-electron chi connectivity index (χ1n) is 8.15. The number of carbonyl (C=O) groups is 1. The Bertz CT molecular complexity index is 555. The summed E-state index contributed by atoms with van der Waals surface area (Å²) < 4.78 is 18.7. The normalized spacial score (nSPS) is 11.5. The fourth-order valence-corrected chi connectivity index (χ4v) is 2.28. The van der Waals surface area contributed by atoms with Gasteiger partial charge in [0.15, 0.2) is 5.11 Å². The van der Waals surface area contributed by atoms with Gasteiger partial charge in [0.05, 0.1) is 12.7 Å². The molecule has 1 atom stereocenters. The number of rotatable bonds is 8. The molecule has 0 radical (unpaired) electrons. The van der Waals surface area contributed by atoms with E-state index in [0.717, 1.165) is 19.0 Å². The molecule has 0 aliphatic heterocycles. The number of methoxy groups -OCH3 is 1. The molecule has 5 nitrogen and oxygen atoms in total. The van der Waals surface area contributed by atoms with Crippen LogP contribution in [0.2, 0.25) is 0 Å². The number of hydrazine groups is 1. The van der Waals surface area contributed by atoms with Crippen LogP contribution in [0.25, 0.3) is 0 Å². The van der Waals surface area contributed by atoms with Crippen molar-refractivity contribution in [3.05, 3.63) is 29.6 Å². The van der Waals surface area contributed by atoms with Crippen molar-refractivity contribution in [3.8, 4) is 5.75 Å². The highest BCUT2D eigenvalue weighted by Gasteiger charge is 2.12.